The van der Waals surface area contributed by atoms with Gasteiger partial charge in [0.2, 0.25) is 0 Å². The zero-order valence-electron chi connectivity index (χ0n) is 25.8. The molecule has 0 spiro atoms. The Morgan fingerprint density at radius 1 is 1.11 bits per heavy atom. The summed E-state index contributed by atoms with van der Waals surface area (Å²) in [4.78, 5) is 12.7. The molecule has 0 aromatic rings. The Bertz CT molecular complexity index is 913. The molecule has 4 rings (SSSR count). The molecule has 3 saturated carbocycles. The van der Waals surface area contributed by atoms with Gasteiger partial charge in [-0.05, 0) is 111 Å². The molecule has 38 heavy (non-hydrogen) atoms. The van der Waals surface area contributed by atoms with Crippen LogP contribution < -0.4 is 0 Å². The van der Waals surface area contributed by atoms with Gasteiger partial charge in [-0.3, -0.25) is 4.79 Å². The lowest BCUT2D eigenvalue weighted by atomic mass is 9.47. The Kier molecular flexibility index (Phi) is 9.11. The average molecular weight is 524 g/mol. The van der Waals surface area contributed by atoms with Gasteiger partial charge >= 0.3 is 5.97 Å². The fraction of sp³-hybridized carbons (Fsp3) is 0.886. The third-order valence-electron chi connectivity index (χ3n) is 12.5. The van der Waals surface area contributed by atoms with Crippen molar-refractivity contribution in [2.75, 3.05) is 0 Å². The zero-order chi connectivity index (χ0) is 27.7. The highest BCUT2D eigenvalue weighted by Crippen LogP contribution is 2.66. The van der Waals surface area contributed by atoms with Crippen LogP contribution in [0, 0.1) is 63.1 Å². The third-order valence-corrected chi connectivity index (χ3v) is 12.5. The van der Waals surface area contributed by atoms with Gasteiger partial charge in [0, 0.05) is 12.8 Å². The van der Waals surface area contributed by atoms with E-state index >= 15 is 0 Å². The van der Waals surface area contributed by atoms with Crippen molar-refractivity contribution in [1.82, 2.24) is 0 Å². The van der Waals surface area contributed by atoms with E-state index in [-0.39, 0.29) is 18.0 Å². The number of rotatable bonds is 10. The Balaban J connectivity index is 1.35. The summed E-state index contributed by atoms with van der Waals surface area (Å²) in [5.41, 5.74) is 1.97. The number of hydrogen-bond donors (Lipinski definition) is 0. The summed E-state index contributed by atoms with van der Waals surface area (Å²) in [7, 11) is 0. The Hall–Kier alpha value is -1.30. The topological polar surface area (TPSA) is 50.1 Å². The molecule has 4 aliphatic rings. The van der Waals surface area contributed by atoms with E-state index in [1.807, 2.05) is 6.92 Å². The predicted octanol–water partition coefficient (Wildman–Crippen LogP) is 9.66. The van der Waals surface area contributed by atoms with Crippen molar-refractivity contribution in [3.8, 4) is 6.07 Å². The average Bonchev–Trinajstić information content (AvgIpc) is 3.21. The van der Waals surface area contributed by atoms with Crippen LogP contribution in [0.4, 0.5) is 0 Å². The molecule has 0 heterocycles. The highest BCUT2D eigenvalue weighted by molar-refractivity contribution is 5.69. The molecule has 0 radical (unpaired) electrons. The smallest absolute Gasteiger partial charge is 0.306 e. The van der Waals surface area contributed by atoms with Crippen molar-refractivity contribution in [3.63, 3.8) is 0 Å². The first-order valence-electron chi connectivity index (χ1n) is 16.2. The highest BCUT2D eigenvalue weighted by Gasteiger charge is 2.58. The van der Waals surface area contributed by atoms with Crippen LogP contribution in [0.15, 0.2) is 11.6 Å². The first-order valence-corrected chi connectivity index (χ1v) is 16.2. The van der Waals surface area contributed by atoms with Crippen molar-refractivity contribution in [3.05, 3.63) is 11.6 Å². The summed E-state index contributed by atoms with van der Waals surface area (Å²) >= 11 is 0. The first kappa shape index (κ1) is 29.7. The summed E-state index contributed by atoms with van der Waals surface area (Å²) in [5.74, 6) is 4.44. The standard InChI is InChI=1S/C35H57NO2/c1-24(2)10-8-9-11-26-13-15-30-29-14-12-27-22-28(38-32(37)18-19-33(5,23-36)25(3)4)16-20-35(27,7)31(29)17-21-34(26,30)6/h12,24-26,28-31H,8-11,13-22H2,1-7H3. The summed E-state index contributed by atoms with van der Waals surface area (Å²) in [6.45, 7) is 16.0. The van der Waals surface area contributed by atoms with Gasteiger partial charge in [0.25, 0.3) is 0 Å². The molecule has 0 N–H and O–H groups in total. The molecule has 3 fully saturated rings. The monoisotopic (exact) mass is 523 g/mol. The number of carbonyl (C=O) groups excluding carboxylic acids is 1. The summed E-state index contributed by atoms with van der Waals surface area (Å²) in [6, 6.07) is 2.43. The number of nitrogens with zero attached hydrogens (tertiary/aromatic N) is 1. The molecule has 4 aliphatic carbocycles. The van der Waals surface area contributed by atoms with E-state index in [9.17, 15) is 10.1 Å². The second-order valence-electron chi connectivity index (χ2n) is 15.3. The van der Waals surface area contributed by atoms with Crippen LogP contribution in [-0.2, 0) is 9.53 Å². The number of nitriles is 1. The number of unbranched alkanes of at least 4 members (excludes halogenated alkanes) is 1. The maximum Gasteiger partial charge on any atom is 0.306 e. The number of esters is 1. The lowest BCUT2D eigenvalue weighted by Crippen LogP contribution is -2.50. The molecule has 0 bridgehead atoms. The first-order chi connectivity index (χ1) is 17.9. The minimum absolute atomic E-state index is 0.0151. The quantitative estimate of drug-likeness (QED) is 0.163. The molecule has 0 aliphatic heterocycles. The molecule has 0 amide bonds. The lowest BCUT2D eigenvalue weighted by Gasteiger charge is -2.58. The van der Waals surface area contributed by atoms with Gasteiger partial charge < -0.3 is 4.74 Å². The van der Waals surface area contributed by atoms with E-state index in [0.717, 1.165) is 48.9 Å². The van der Waals surface area contributed by atoms with E-state index in [4.69, 9.17) is 4.74 Å². The van der Waals surface area contributed by atoms with Gasteiger partial charge in [0.05, 0.1) is 11.5 Å². The molecule has 3 nitrogen and oxygen atoms in total. The number of fused-ring (bicyclic) bond motifs is 5. The van der Waals surface area contributed by atoms with Crippen molar-refractivity contribution in [2.24, 2.45) is 51.8 Å². The lowest BCUT2D eigenvalue weighted by molar-refractivity contribution is -0.152. The largest absolute Gasteiger partial charge is 0.462 e. The number of hydrogen-bond acceptors (Lipinski definition) is 3. The Morgan fingerprint density at radius 2 is 1.87 bits per heavy atom. The fourth-order valence-corrected chi connectivity index (χ4v) is 9.33. The van der Waals surface area contributed by atoms with Crippen LogP contribution in [0.25, 0.3) is 0 Å². The molecule has 0 saturated heterocycles. The van der Waals surface area contributed by atoms with Crippen LogP contribution in [-0.4, -0.2) is 12.1 Å². The number of ether oxygens (including phenoxy) is 1. The van der Waals surface area contributed by atoms with Gasteiger partial charge in [0.1, 0.15) is 6.10 Å². The van der Waals surface area contributed by atoms with Gasteiger partial charge in [-0.25, -0.2) is 0 Å². The summed E-state index contributed by atoms with van der Waals surface area (Å²) < 4.78 is 6.01. The molecule has 8 unspecified atom stereocenters. The van der Waals surface area contributed by atoms with E-state index in [1.54, 1.807) is 5.57 Å². The van der Waals surface area contributed by atoms with Crippen molar-refractivity contribution in [2.45, 2.75) is 144 Å². The van der Waals surface area contributed by atoms with Gasteiger partial charge in [-0.1, -0.05) is 72.5 Å². The van der Waals surface area contributed by atoms with Gasteiger partial charge in [-0.15, -0.1) is 0 Å². The SMILES string of the molecule is CC(C)CCCCC1CCC2C3CC=C4CC(OC(=O)CCC(C)(C#N)C(C)C)CCC4(C)C3CCC12C. The van der Waals surface area contributed by atoms with E-state index in [1.165, 1.54) is 57.8 Å². The van der Waals surface area contributed by atoms with Crippen LogP contribution in [0.2, 0.25) is 0 Å². The van der Waals surface area contributed by atoms with Crippen molar-refractivity contribution in [1.29, 1.82) is 5.26 Å². The van der Waals surface area contributed by atoms with Crippen LogP contribution in [0.1, 0.15) is 138 Å². The van der Waals surface area contributed by atoms with Crippen molar-refractivity contribution < 1.29 is 9.53 Å². The second-order valence-corrected chi connectivity index (χ2v) is 15.3. The normalized spacial score (nSPS) is 38.0. The van der Waals surface area contributed by atoms with E-state index in [0.29, 0.717) is 23.7 Å². The summed E-state index contributed by atoms with van der Waals surface area (Å²) in [5, 5.41) is 9.59. The maximum atomic E-state index is 12.7. The minimum atomic E-state index is -0.464. The van der Waals surface area contributed by atoms with E-state index < -0.39 is 5.41 Å². The third kappa shape index (κ3) is 5.76. The molecule has 0 aromatic heterocycles. The molecule has 3 heteroatoms. The zero-order valence-corrected chi connectivity index (χ0v) is 25.8. The Labute approximate surface area is 234 Å². The number of carbonyl (C=O) groups is 1. The minimum Gasteiger partial charge on any atom is -0.462 e. The molecule has 8 atom stereocenters. The van der Waals surface area contributed by atoms with Crippen LogP contribution in [0.5, 0.6) is 0 Å². The molecular weight excluding hydrogens is 466 g/mol. The highest BCUT2D eigenvalue weighted by atomic mass is 16.5. The van der Waals surface area contributed by atoms with Crippen LogP contribution in [0.3, 0.4) is 0 Å². The molecule has 214 valence electrons. The van der Waals surface area contributed by atoms with E-state index in [2.05, 4.69) is 53.7 Å². The molecular formula is C35H57NO2. The predicted molar refractivity (Wildman–Crippen MR) is 156 cm³/mol. The molecule has 0 aromatic carbocycles. The maximum absolute atomic E-state index is 12.7. The summed E-state index contributed by atoms with van der Waals surface area (Å²) in [6.07, 6.45) is 19.2. The number of allylic oxidation sites excluding steroid dienone is 1. The second kappa shape index (κ2) is 11.7. The van der Waals surface area contributed by atoms with Gasteiger partial charge in [-0.2, -0.15) is 5.26 Å². The van der Waals surface area contributed by atoms with Gasteiger partial charge in [0.15, 0.2) is 0 Å². The van der Waals surface area contributed by atoms with Crippen LogP contribution >= 0.6 is 0 Å². The Morgan fingerprint density at radius 3 is 2.55 bits per heavy atom. The fourth-order valence-electron chi connectivity index (χ4n) is 9.33. The van der Waals surface area contributed by atoms with Crippen molar-refractivity contribution >= 4 is 5.97 Å².